The molecule has 1 atom stereocenters. The number of aromatic nitrogens is 1. The fourth-order valence-corrected chi connectivity index (χ4v) is 3.20. The highest BCUT2D eigenvalue weighted by molar-refractivity contribution is 6.34. The van der Waals surface area contributed by atoms with E-state index in [1.807, 2.05) is 0 Å². The minimum Gasteiger partial charge on any atom is -0.392 e. The minimum atomic E-state index is -0.812. The average Bonchev–Trinajstić information content (AvgIpc) is 2.79. The second-order valence-corrected chi connectivity index (χ2v) is 5.36. The Morgan fingerprint density at radius 3 is 2.76 bits per heavy atom. The maximum atomic E-state index is 12.5. The summed E-state index contributed by atoms with van der Waals surface area (Å²) in [5, 5.41) is 19.7. The van der Waals surface area contributed by atoms with Gasteiger partial charge in [0.15, 0.2) is 11.6 Å². The Hall–Kier alpha value is -2.05. The smallest absolute Gasteiger partial charge is 0.203 e. The molecule has 0 fully saturated rings. The van der Waals surface area contributed by atoms with Crippen LogP contribution in [0.3, 0.4) is 0 Å². The molecule has 1 unspecified atom stereocenters. The molecule has 0 saturated carbocycles. The largest absolute Gasteiger partial charge is 0.392 e. The second-order valence-electron chi connectivity index (χ2n) is 5.36. The van der Waals surface area contributed by atoms with Gasteiger partial charge in [-0.2, -0.15) is 0 Å². The molecule has 1 aromatic heterocycles. The lowest BCUT2D eigenvalue weighted by atomic mass is 9.89. The molecule has 1 aromatic rings. The molecule has 2 N–H and O–H groups in total. The first-order chi connectivity index (χ1) is 9.97. The van der Waals surface area contributed by atoms with Crippen LogP contribution in [-0.4, -0.2) is 32.1 Å². The van der Waals surface area contributed by atoms with Crippen LogP contribution in [0, 0.1) is 0 Å². The lowest BCUT2D eigenvalue weighted by Crippen LogP contribution is -2.24. The molecule has 21 heavy (non-hydrogen) atoms. The van der Waals surface area contributed by atoms with Crippen LogP contribution in [-0.2, 0) is 17.9 Å². The van der Waals surface area contributed by atoms with Gasteiger partial charge in [0.1, 0.15) is 5.69 Å². The van der Waals surface area contributed by atoms with Crippen molar-refractivity contribution in [2.24, 2.45) is 0 Å². The number of hydrogen-bond acceptors (Lipinski definition) is 5. The van der Waals surface area contributed by atoms with E-state index < -0.39 is 30.1 Å². The van der Waals surface area contributed by atoms with E-state index in [1.165, 1.54) is 6.92 Å². The predicted molar refractivity (Wildman–Crippen MR) is 72.0 cm³/mol. The molecule has 0 spiro atoms. The first-order valence-corrected chi connectivity index (χ1v) is 6.83. The van der Waals surface area contributed by atoms with Crippen LogP contribution in [0.2, 0.25) is 0 Å². The van der Waals surface area contributed by atoms with Crippen molar-refractivity contribution >= 4 is 17.3 Å². The summed E-state index contributed by atoms with van der Waals surface area (Å²) in [5.41, 5.74) is 0.782. The van der Waals surface area contributed by atoms with Crippen LogP contribution in [0.5, 0.6) is 0 Å². The van der Waals surface area contributed by atoms with Crippen LogP contribution in [0.1, 0.15) is 58.0 Å². The van der Waals surface area contributed by atoms with Crippen molar-refractivity contribution in [3.05, 3.63) is 34.2 Å². The molecule has 2 aliphatic rings. The van der Waals surface area contributed by atoms with Crippen LogP contribution in [0.15, 0.2) is 11.6 Å². The summed E-state index contributed by atoms with van der Waals surface area (Å²) in [5.74, 6) is -1.45. The van der Waals surface area contributed by atoms with E-state index in [0.717, 1.165) is 6.08 Å². The van der Waals surface area contributed by atoms with Gasteiger partial charge in [-0.15, -0.1) is 0 Å². The average molecular weight is 289 g/mol. The first kappa shape index (κ1) is 13.9. The summed E-state index contributed by atoms with van der Waals surface area (Å²) in [7, 11) is 0. The van der Waals surface area contributed by atoms with E-state index in [9.17, 15) is 24.6 Å². The number of aliphatic hydroxyl groups is 2. The number of nitrogens with zero attached hydrogens (tertiary/aromatic N) is 1. The normalized spacial score (nSPS) is 20.9. The Morgan fingerprint density at radius 1 is 1.43 bits per heavy atom. The summed E-state index contributed by atoms with van der Waals surface area (Å²) < 4.78 is 1.61. The topological polar surface area (TPSA) is 96.6 Å². The summed E-state index contributed by atoms with van der Waals surface area (Å²) in [6.45, 7) is 1.29. The molecule has 0 amide bonds. The number of fused-ring (bicyclic) bond motifs is 3. The summed E-state index contributed by atoms with van der Waals surface area (Å²) in [6, 6.07) is 0. The molecule has 0 aromatic carbocycles. The van der Waals surface area contributed by atoms with Gasteiger partial charge >= 0.3 is 0 Å². The van der Waals surface area contributed by atoms with Crippen LogP contribution in [0.25, 0.3) is 0 Å². The number of allylic oxidation sites excluding steroid dienone is 2. The van der Waals surface area contributed by atoms with Gasteiger partial charge in [0, 0.05) is 18.2 Å². The summed E-state index contributed by atoms with van der Waals surface area (Å²) in [4.78, 5) is 36.3. The van der Waals surface area contributed by atoms with Gasteiger partial charge in [0.25, 0.3) is 0 Å². The molecule has 6 nitrogen and oxygen atoms in total. The number of carbonyl (C=O) groups excluding carboxylic acids is 3. The van der Waals surface area contributed by atoms with Crippen molar-refractivity contribution in [2.45, 2.75) is 39.0 Å². The zero-order valence-electron chi connectivity index (χ0n) is 11.5. The Labute approximate surface area is 120 Å². The Bertz CT molecular complexity index is 710. The van der Waals surface area contributed by atoms with Gasteiger partial charge in [0.2, 0.25) is 5.78 Å². The highest BCUT2D eigenvalue weighted by Gasteiger charge is 2.38. The standard InChI is InChI=1S/C15H15NO5/c1-7(18)8-5-11(20)14-12(15(8)21)9(6-17)13-10(19)3-2-4-16(13)14/h5,10,17,19H,2-4,6H2,1H3. The number of Topliss-reactive ketones (excluding diaryl/α,β-unsaturated/α-hetero) is 2. The van der Waals surface area contributed by atoms with E-state index in [1.54, 1.807) is 4.57 Å². The number of aliphatic hydroxyl groups excluding tert-OH is 2. The quantitative estimate of drug-likeness (QED) is 0.781. The van der Waals surface area contributed by atoms with Crippen molar-refractivity contribution in [3.63, 3.8) is 0 Å². The highest BCUT2D eigenvalue weighted by Crippen LogP contribution is 2.37. The fraction of sp³-hybridized carbons (Fsp3) is 0.400. The fourth-order valence-electron chi connectivity index (χ4n) is 3.20. The molecule has 6 heteroatoms. The molecular weight excluding hydrogens is 274 g/mol. The molecule has 110 valence electrons. The van der Waals surface area contributed by atoms with E-state index in [0.29, 0.717) is 25.1 Å². The van der Waals surface area contributed by atoms with Gasteiger partial charge in [-0.3, -0.25) is 14.4 Å². The van der Waals surface area contributed by atoms with Crippen LogP contribution < -0.4 is 0 Å². The van der Waals surface area contributed by atoms with Crippen molar-refractivity contribution in [1.82, 2.24) is 4.57 Å². The number of rotatable bonds is 2. The second kappa shape index (κ2) is 4.75. The van der Waals surface area contributed by atoms with Crippen molar-refractivity contribution in [1.29, 1.82) is 0 Å². The molecule has 1 aliphatic heterocycles. The summed E-state index contributed by atoms with van der Waals surface area (Å²) in [6.07, 6.45) is 1.45. The Kier molecular flexibility index (Phi) is 3.15. The molecule has 2 heterocycles. The van der Waals surface area contributed by atoms with Crippen LogP contribution >= 0.6 is 0 Å². The van der Waals surface area contributed by atoms with E-state index >= 15 is 0 Å². The molecule has 0 bridgehead atoms. The molecule has 1 aliphatic carbocycles. The zero-order valence-corrected chi connectivity index (χ0v) is 11.5. The van der Waals surface area contributed by atoms with Gasteiger partial charge in [-0.25, -0.2) is 0 Å². The third kappa shape index (κ3) is 1.83. The lowest BCUT2D eigenvalue weighted by molar-refractivity contribution is -0.113. The zero-order chi connectivity index (χ0) is 15.3. The van der Waals surface area contributed by atoms with E-state index in [4.69, 9.17) is 0 Å². The van der Waals surface area contributed by atoms with Gasteiger partial charge < -0.3 is 14.8 Å². The first-order valence-electron chi connectivity index (χ1n) is 6.83. The van der Waals surface area contributed by atoms with Gasteiger partial charge in [-0.05, 0) is 19.8 Å². The van der Waals surface area contributed by atoms with Crippen molar-refractivity contribution < 1.29 is 24.6 Å². The third-order valence-corrected chi connectivity index (χ3v) is 4.10. The summed E-state index contributed by atoms with van der Waals surface area (Å²) >= 11 is 0. The lowest BCUT2D eigenvalue weighted by Gasteiger charge is -2.23. The third-order valence-electron chi connectivity index (χ3n) is 4.10. The molecule has 0 saturated heterocycles. The van der Waals surface area contributed by atoms with E-state index in [2.05, 4.69) is 0 Å². The molecule has 3 rings (SSSR count). The van der Waals surface area contributed by atoms with Crippen molar-refractivity contribution in [2.75, 3.05) is 0 Å². The minimum absolute atomic E-state index is 0.0751. The monoisotopic (exact) mass is 289 g/mol. The van der Waals surface area contributed by atoms with Crippen LogP contribution in [0.4, 0.5) is 0 Å². The molecular formula is C15H15NO5. The van der Waals surface area contributed by atoms with E-state index in [-0.39, 0.29) is 22.4 Å². The highest BCUT2D eigenvalue weighted by atomic mass is 16.3. The number of carbonyl (C=O) groups is 3. The number of hydrogen-bond donors (Lipinski definition) is 2. The molecule has 0 radical (unpaired) electrons. The maximum absolute atomic E-state index is 12.5. The number of ketones is 3. The van der Waals surface area contributed by atoms with Gasteiger partial charge in [-0.1, -0.05) is 0 Å². The maximum Gasteiger partial charge on any atom is 0.203 e. The Morgan fingerprint density at radius 2 is 2.14 bits per heavy atom. The van der Waals surface area contributed by atoms with Gasteiger partial charge in [0.05, 0.1) is 29.5 Å². The van der Waals surface area contributed by atoms with Crippen molar-refractivity contribution in [3.8, 4) is 0 Å². The Balaban J connectivity index is 2.31. The predicted octanol–water partition coefficient (Wildman–Crippen LogP) is 0.702. The SMILES string of the molecule is CC(=O)C1=CC(=O)c2c(c(CO)c3n2CCCC3O)C1=O.